The second-order valence-electron chi connectivity index (χ2n) is 5.40. The number of rotatable bonds is 6. The molecule has 8 nitrogen and oxygen atoms in total. The monoisotopic (exact) mass is 388 g/mol. The molecule has 0 saturated carbocycles. The highest BCUT2D eigenvalue weighted by Gasteiger charge is 2.21. The van der Waals surface area contributed by atoms with Gasteiger partial charge >= 0.3 is 0 Å². The van der Waals surface area contributed by atoms with E-state index in [0.717, 1.165) is 10.9 Å². The van der Waals surface area contributed by atoms with Crippen molar-refractivity contribution in [1.29, 1.82) is 0 Å². The van der Waals surface area contributed by atoms with Crippen LogP contribution in [0.5, 0.6) is 0 Å². The highest BCUT2D eigenvalue weighted by molar-refractivity contribution is 7.24. The first-order chi connectivity index (χ1) is 12.7. The fourth-order valence-electron chi connectivity index (χ4n) is 2.63. The molecule has 1 atom stereocenters. The maximum absolute atomic E-state index is 13.0. The molecule has 0 aliphatic carbocycles. The van der Waals surface area contributed by atoms with Crippen molar-refractivity contribution < 1.29 is 18.7 Å². The minimum atomic E-state index is -0.619. The molecular formula is C16H13N4O4PS. The van der Waals surface area contributed by atoms with Gasteiger partial charge in [-0.15, -0.1) is 11.3 Å². The molecule has 0 aliphatic heterocycles. The summed E-state index contributed by atoms with van der Waals surface area (Å²) in [5.41, 5.74) is 1.87. The number of hydrogen-bond acceptors (Lipinski definition) is 8. The molecule has 1 aromatic carbocycles. The maximum atomic E-state index is 13.0. The number of carbonyl (C=O) groups excluding carboxylic acids is 1. The number of fused-ring (bicyclic) bond motifs is 1. The van der Waals surface area contributed by atoms with Crippen LogP contribution in [0.2, 0.25) is 0 Å². The highest BCUT2D eigenvalue weighted by Crippen LogP contribution is 2.27. The molecule has 10 heteroatoms. The number of hydrogen-bond donors (Lipinski definition) is 1. The molecule has 0 radical (unpaired) electrons. The first-order valence-corrected chi connectivity index (χ1v) is 9.30. The van der Waals surface area contributed by atoms with Crippen molar-refractivity contribution in [3.05, 3.63) is 52.3 Å². The molecule has 3 heterocycles. The molecule has 0 fully saturated rings. The van der Waals surface area contributed by atoms with Gasteiger partial charge in [0.15, 0.2) is 14.0 Å². The van der Waals surface area contributed by atoms with Gasteiger partial charge in [0.25, 0.3) is 0 Å². The number of carbonyl (C=O) groups is 1. The van der Waals surface area contributed by atoms with Gasteiger partial charge in [0.2, 0.25) is 17.5 Å². The van der Waals surface area contributed by atoms with Crippen LogP contribution in [0.25, 0.3) is 22.4 Å². The van der Waals surface area contributed by atoms with Gasteiger partial charge in [0, 0.05) is 23.9 Å². The van der Waals surface area contributed by atoms with Gasteiger partial charge < -0.3 is 18.5 Å². The zero-order valence-corrected chi connectivity index (χ0v) is 15.4. The summed E-state index contributed by atoms with van der Waals surface area (Å²) < 4.78 is 11.8. The number of aromatic nitrogens is 4. The summed E-state index contributed by atoms with van der Waals surface area (Å²) in [5, 5.41) is 6.69. The van der Waals surface area contributed by atoms with E-state index < -0.39 is 9.03 Å². The molecular weight excluding hydrogens is 375 g/mol. The first-order valence-electron chi connectivity index (χ1n) is 7.57. The summed E-state index contributed by atoms with van der Waals surface area (Å²) in [7, 11) is -0.619. The Hall–Kier alpha value is -2.45. The van der Waals surface area contributed by atoms with E-state index in [0.29, 0.717) is 28.0 Å². The number of thiazole rings is 1. The lowest BCUT2D eigenvalue weighted by Gasteiger charge is -2.03. The molecule has 1 unspecified atom stereocenters. The van der Waals surface area contributed by atoms with E-state index in [9.17, 15) is 4.79 Å². The van der Waals surface area contributed by atoms with Crippen LogP contribution < -0.4 is 0 Å². The van der Waals surface area contributed by atoms with Crippen molar-refractivity contribution >= 4 is 37.1 Å². The second-order valence-corrected chi connectivity index (χ2v) is 6.73. The lowest BCUT2D eigenvalue weighted by molar-refractivity contribution is 0.103. The van der Waals surface area contributed by atoms with E-state index in [1.807, 2.05) is 24.3 Å². The van der Waals surface area contributed by atoms with Crippen molar-refractivity contribution in [2.75, 3.05) is 0 Å². The van der Waals surface area contributed by atoms with Gasteiger partial charge in [-0.3, -0.25) is 4.79 Å². The largest absolute Gasteiger partial charge is 0.352 e. The van der Waals surface area contributed by atoms with E-state index in [4.69, 9.17) is 13.9 Å². The molecule has 132 valence electrons. The molecule has 26 heavy (non-hydrogen) atoms. The Balaban J connectivity index is 1.71. The molecule has 0 saturated heterocycles. The first kappa shape index (κ1) is 17.0. The van der Waals surface area contributed by atoms with Crippen LogP contribution in [0.4, 0.5) is 0 Å². The van der Waals surface area contributed by atoms with Crippen LogP contribution in [-0.4, -0.2) is 30.4 Å². The van der Waals surface area contributed by atoms with Gasteiger partial charge in [-0.2, -0.15) is 4.98 Å². The normalized spacial score (nSPS) is 11.8. The Morgan fingerprint density at radius 3 is 3.00 bits per heavy atom. The van der Waals surface area contributed by atoms with E-state index in [1.54, 1.807) is 23.1 Å². The SMILES string of the molecule is Cc1nc(-c2csc(C(=O)c3cn(COPO)c4ccccc34)n2)no1. The number of nitrogens with zero attached hydrogens (tertiary/aromatic N) is 4. The van der Waals surface area contributed by atoms with Crippen LogP contribution in [0.15, 0.2) is 40.4 Å². The molecule has 3 aromatic heterocycles. The Kier molecular flexibility index (Phi) is 4.60. The Morgan fingerprint density at radius 2 is 2.23 bits per heavy atom. The van der Waals surface area contributed by atoms with Crippen LogP contribution >= 0.6 is 20.4 Å². The smallest absolute Gasteiger partial charge is 0.223 e. The quantitative estimate of drug-likeness (QED) is 0.400. The summed E-state index contributed by atoms with van der Waals surface area (Å²) >= 11 is 1.23. The molecule has 4 rings (SSSR count). The van der Waals surface area contributed by atoms with E-state index in [2.05, 4.69) is 15.1 Å². The third kappa shape index (κ3) is 3.06. The van der Waals surface area contributed by atoms with Gasteiger partial charge in [0.05, 0.1) is 11.1 Å². The molecule has 0 aliphatic rings. The van der Waals surface area contributed by atoms with Crippen molar-refractivity contribution in [2.24, 2.45) is 0 Å². The Bertz CT molecular complexity index is 1090. The van der Waals surface area contributed by atoms with Crippen LogP contribution in [0, 0.1) is 6.92 Å². The topological polar surface area (TPSA) is 103 Å². The average Bonchev–Trinajstić information content (AvgIpc) is 3.37. The molecule has 0 bridgehead atoms. The summed E-state index contributed by atoms with van der Waals surface area (Å²) in [6, 6.07) is 7.52. The maximum Gasteiger partial charge on any atom is 0.223 e. The standard InChI is InChI=1S/C16H13N4O4PS/c1-9-17-15(19-24-9)12-7-26-16(18-12)14(21)11-6-20(8-23-25-22)13-5-3-2-4-10(11)13/h2-7,22,25H,8H2,1H3. The molecule has 4 aromatic rings. The van der Waals surface area contributed by atoms with Gasteiger partial charge in [-0.25, -0.2) is 4.98 Å². The fraction of sp³-hybridized carbons (Fsp3) is 0.125. The molecule has 0 amide bonds. The number of aryl methyl sites for hydroxylation is 1. The van der Waals surface area contributed by atoms with Crippen molar-refractivity contribution in [2.45, 2.75) is 13.7 Å². The summed E-state index contributed by atoms with van der Waals surface area (Å²) in [6.07, 6.45) is 1.71. The zero-order valence-electron chi connectivity index (χ0n) is 13.5. The van der Waals surface area contributed by atoms with Crippen molar-refractivity contribution in [3.8, 4) is 11.5 Å². The number of benzene rings is 1. The Labute approximate surface area is 153 Å². The van der Waals surface area contributed by atoms with Gasteiger partial charge in [0.1, 0.15) is 12.4 Å². The minimum absolute atomic E-state index is 0.161. The third-order valence-corrected chi connectivity index (χ3v) is 4.86. The van der Waals surface area contributed by atoms with E-state index in [1.165, 1.54) is 11.3 Å². The van der Waals surface area contributed by atoms with Crippen molar-refractivity contribution in [1.82, 2.24) is 19.7 Å². The fourth-order valence-corrected chi connectivity index (χ4v) is 3.58. The number of ketones is 1. The van der Waals surface area contributed by atoms with Gasteiger partial charge in [-0.1, -0.05) is 23.4 Å². The lowest BCUT2D eigenvalue weighted by atomic mass is 10.1. The lowest BCUT2D eigenvalue weighted by Crippen LogP contribution is -2.01. The zero-order chi connectivity index (χ0) is 18.1. The molecule has 0 spiro atoms. The van der Waals surface area contributed by atoms with E-state index >= 15 is 0 Å². The van der Waals surface area contributed by atoms with Crippen molar-refractivity contribution in [3.63, 3.8) is 0 Å². The van der Waals surface area contributed by atoms with Crippen LogP contribution in [-0.2, 0) is 11.3 Å². The van der Waals surface area contributed by atoms with Crippen LogP contribution in [0.3, 0.4) is 0 Å². The van der Waals surface area contributed by atoms with E-state index in [-0.39, 0.29) is 12.5 Å². The molecule has 1 N–H and O–H groups in total. The summed E-state index contributed by atoms with van der Waals surface area (Å²) in [6.45, 7) is 1.85. The predicted octanol–water partition coefficient (Wildman–Crippen LogP) is 3.16. The third-order valence-electron chi connectivity index (χ3n) is 3.76. The minimum Gasteiger partial charge on any atom is -0.352 e. The average molecular weight is 388 g/mol. The summed E-state index contributed by atoms with van der Waals surface area (Å²) in [4.78, 5) is 30.4. The second kappa shape index (κ2) is 7.05. The Morgan fingerprint density at radius 1 is 1.38 bits per heavy atom. The highest BCUT2D eigenvalue weighted by atomic mass is 32.1. The van der Waals surface area contributed by atoms with Crippen LogP contribution in [0.1, 0.15) is 21.3 Å². The summed E-state index contributed by atoms with van der Waals surface area (Å²) in [5.74, 6) is 0.606. The number of para-hydroxylation sites is 1. The van der Waals surface area contributed by atoms with Gasteiger partial charge in [-0.05, 0) is 6.07 Å². The predicted molar refractivity (Wildman–Crippen MR) is 97.1 cm³/mol.